The molecule has 1 rings (SSSR count). The van der Waals surface area contributed by atoms with E-state index in [-0.39, 0.29) is 6.10 Å². The molecule has 13 heavy (non-hydrogen) atoms. The number of nitriles is 1. The van der Waals surface area contributed by atoms with Crippen LogP contribution < -0.4 is 0 Å². The van der Waals surface area contributed by atoms with Crippen LogP contribution in [0, 0.1) is 11.3 Å². The molecule has 0 aliphatic carbocycles. The molecule has 0 heterocycles. The van der Waals surface area contributed by atoms with Gasteiger partial charge in [0.1, 0.15) is 0 Å². The molecule has 0 N–H and O–H groups in total. The molecule has 0 radical (unpaired) electrons. The Hall–Kier alpha value is -1.33. The molecule has 0 atom stereocenters. The quantitative estimate of drug-likeness (QED) is 0.707. The highest BCUT2D eigenvalue weighted by Gasteiger charge is 2.01. The lowest BCUT2D eigenvalue weighted by Crippen LogP contribution is -2.03. The lowest BCUT2D eigenvalue weighted by Gasteiger charge is -2.08. The van der Waals surface area contributed by atoms with Crippen molar-refractivity contribution in [2.45, 2.75) is 26.6 Å². The topological polar surface area (TPSA) is 33.0 Å². The van der Waals surface area contributed by atoms with Crippen LogP contribution in [-0.2, 0) is 11.3 Å². The van der Waals surface area contributed by atoms with E-state index in [4.69, 9.17) is 10.00 Å². The maximum atomic E-state index is 8.78. The summed E-state index contributed by atoms with van der Waals surface area (Å²) in [6.07, 6.45) is 0.201. The van der Waals surface area contributed by atoms with Gasteiger partial charge < -0.3 is 4.74 Å². The summed E-state index contributed by atoms with van der Waals surface area (Å²) in [5.74, 6) is 0. The Morgan fingerprint density at radius 3 is 2.69 bits per heavy atom. The fourth-order valence-electron chi connectivity index (χ4n) is 1.01. The summed E-state index contributed by atoms with van der Waals surface area (Å²) >= 11 is 0. The summed E-state index contributed by atoms with van der Waals surface area (Å²) in [6, 6.07) is 9.64. The first-order chi connectivity index (χ1) is 6.24. The van der Waals surface area contributed by atoms with Gasteiger partial charge in [0.05, 0.1) is 24.3 Å². The molecule has 0 aliphatic heterocycles. The maximum absolute atomic E-state index is 8.78. The van der Waals surface area contributed by atoms with Crippen molar-refractivity contribution in [3.05, 3.63) is 35.4 Å². The Kier molecular flexibility index (Phi) is 3.48. The first-order valence-corrected chi connectivity index (χ1v) is 4.33. The van der Waals surface area contributed by atoms with Crippen molar-refractivity contribution in [2.75, 3.05) is 0 Å². The SMILES string of the molecule is CC(C)OCc1ccccc1C#N. The molecule has 0 aromatic heterocycles. The molecule has 68 valence electrons. The molecule has 0 aliphatic rings. The van der Waals surface area contributed by atoms with Crippen molar-refractivity contribution < 1.29 is 4.74 Å². The molecule has 0 bridgehead atoms. The lowest BCUT2D eigenvalue weighted by molar-refractivity contribution is 0.0656. The van der Waals surface area contributed by atoms with Gasteiger partial charge in [0.2, 0.25) is 0 Å². The smallest absolute Gasteiger partial charge is 0.0995 e. The first kappa shape index (κ1) is 9.76. The standard InChI is InChI=1S/C11H13NO/c1-9(2)13-8-11-6-4-3-5-10(11)7-12/h3-6,9H,8H2,1-2H3. The minimum Gasteiger partial charge on any atom is -0.374 e. The fourth-order valence-corrected chi connectivity index (χ4v) is 1.01. The molecule has 0 saturated heterocycles. The van der Waals surface area contributed by atoms with Crippen molar-refractivity contribution in [2.24, 2.45) is 0 Å². The van der Waals surface area contributed by atoms with E-state index in [2.05, 4.69) is 6.07 Å². The Balaban J connectivity index is 2.71. The van der Waals surface area contributed by atoms with Crippen molar-refractivity contribution in [1.82, 2.24) is 0 Å². The van der Waals surface area contributed by atoms with Crippen LogP contribution in [0.1, 0.15) is 25.0 Å². The van der Waals surface area contributed by atoms with Crippen molar-refractivity contribution in [3.63, 3.8) is 0 Å². The van der Waals surface area contributed by atoms with E-state index in [1.54, 1.807) is 6.07 Å². The summed E-state index contributed by atoms with van der Waals surface area (Å²) in [4.78, 5) is 0. The van der Waals surface area contributed by atoms with E-state index in [0.29, 0.717) is 12.2 Å². The number of ether oxygens (including phenoxy) is 1. The zero-order chi connectivity index (χ0) is 9.68. The molecule has 0 amide bonds. The van der Waals surface area contributed by atoms with Crippen LogP contribution in [-0.4, -0.2) is 6.10 Å². The predicted molar refractivity (Wildman–Crippen MR) is 51.1 cm³/mol. The molecule has 0 unspecified atom stereocenters. The van der Waals surface area contributed by atoms with Gasteiger partial charge in [0.25, 0.3) is 0 Å². The highest BCUT2D eigenvalue weighted by molar-refractivity contribution is 5.36. The van der Waals surface area contributed by atoms with Gasteiger partial charge in [-0.3, -0.25) is 0 Å². The number of nitrogens with zero attached hydrogens (tertiary/aromatic N) is 1. The number of hydrogen-bond acceptors (Lipinski definition) is 2. The van der Waals surface area contributed by atoms with E-state index in [9.17, 15) is 0 Å². The Labute approximate surface area is 78.8 Å². The number of rotatable bonds is 3. The summed E-state index contributed by atoms with van der Waals surface area (Å²) in [7, 11) is 0. The molecule has 1 aromatic carbocycles. The van der Waals surface area contributed by atoms with Gasteiger partial charge in [-0.1, -0.05) is 18.2 Å². The Morgan fingerprint density at radius 1 is 1.38 bits per heavy atom. The van der Waals surface area contributed by atoms with E-state index in [0.717, 1.165) is 5.56 Å². The maximum Gasteiger partial charge on any atom is 0.0995 e. The molecule has 0 spiro atoms. The second-order valence-corrected chi connectivity index (χ2v) is 3.13. The molecule has 1 aromatic rings. The van der Waals surface area contributed by atoms with Gasteiger partial charge in [-0.15, -0.1) is 0 Å². The first-order valence-electron chi connectivity index (χ1n) is 4.33. The van der Waals surface area contributed by atoms with E-state index in [1.807, 2.05) is 32.0 Å². The average Bonchev–Trinajstić information content (AvgIpc) is 2.15. The van der Waals surface area contributed by atoms with E-state index in [1.165, 1.54) is 0 Å². The second kappa shape index (κ2) is 4.64. The van der Waals surface area contributed by atoms with Crippen molar-refractivity contribution in [3.8, 4) is 6.07 Å². The van der Waals surface area contributed by atoms with Gasteiger partial charge in [-0.2, -0.15) is 5.26 Å². The lowest BCUT2D eigenvalue weighted by atomic mass is 10.1. The average molecular weight is 175 g/mol. The van der Waals surface area contributed by atoms with Crippen LogP contribution >= 0.6 is 0 Å². The van der Waals surface area contributed by atoms with E-state index < -0.39 is 0 Å². The molecular formula is C11H13NO. The molecular weight excluding hydrogens is 162 g/mol. The molecule has 2 heteroatoms. The van der Waals surface area contributed by atoms with Crippen LogP contribution in [0.3, 0.4) is 0 Å². The summed E-state index contributed by atoms with van der Waals surface area (Å²) < 4.78 is 5.42. The Bertz CT molecular complexity index is 312. The zero-order valence-electron chi connectivity index (χ0n) is 7.95. The summed E-state index contributed by atoms with van der Waals surface area (Å²) in [5, 5.41) is 8.78. The van der Waals surface area contributed by atoms with Crippen LogP contribution in [0.2, 0.25) is 0 Å². The minimum atomic E-state index is 0.201. The summed E-state index contributed by atoms with van der Waals surface area (Å²) in [6.45, 7) is 4.48. The van der Waals surface area contributed by atoms with Gasteiger partial charge in [0.15, 0.2) is 0 Å². The third kappa shape index (κ3) is 2.89. The number of benzene rings is 1. The normalized spacial score (nSPS) is 10.0. The van der Waals surface area contributed by atoms with Crippen LogP contribution in [0.4, 0.5) is 0 Å². The fraction of sp³-hybridized carbons (Fsp3) is 0.364. The highest BCUT2D eigenvalue weighted by atomic mass is 16.5. The molecule has 2 nitrogen and oxygen atoms in total. The van der Waals surface area contributed by atoms with E-state index >= 15 is 0 Å². The van der Waals surface area contributed by atoms with Crippen LogP contribution in [0.25, 0.3) is 0 Å². The van der Waals surface area contributed by atoms with Crippen molar-refractivity contribution in [1.29, 1.82) is 5.26 Å². The molecule has 0 saturated carbocycles. The second-order valence-electron chi connectivity index (χ2n) is 3.13. The third-order valence-electron chi connectivity index (χ3n) is 1.71. The minimum absolute atomic E-state index is 0.201. The summed E-state index contributed by atoms with van der Waals surface area (Å²) in [5.41, 5.74) is 1.65. The van der Waals surface area contributed by atoms with Gasteiger partial charge in [0, 0.05) is 0 Å². The van der Waals surface area contributed by atoms with Crippen LogP contribution in [0.5, 0.6) is 0 Å². The highest BCUT2D eigenvalue weighted by Crippen LogP contribution is 2.09. The monoisotopic (exact) mass is 175 g/mol. The molecule has 0 fully saturated rings. The zero-order valence-corrected chi connectivity index (χ0v) is 7.95. The van der Waals surface area contributed by atoms with Gasteiger partial charge in [-0.05, 0) is 25.5 Å². The van der Waals surface area contributed by atoms with Crippen molar-refractivity contribution >= 4 is 0 Å². The van der Waals surface area contributed by atoms with Crippen LogP contribution in [0.15, 0.2) is 24.3 Å². The largest absolute Gasteiger partial charge is 0.374 e. The third-order valence-corrected chi connectivity index (χ3v) is 1.71. The number of hydrogen-bond donors (Lipinski definition) is 0. The Morgan fingerprint density at radius 2 is 2.08 bits per heavy atom. The predicted octanol–water partition coefficient (Wildman–Crippen LogP) is 2.48. The van der Waals surface area contributed by atoms with Gasteiger partial charge in [-0.25, -0.2) is 0 Å². The van der Waals surface area contributed by atoms with Gasteiger partial charge >= 0.3 is 0 Å².